The van der Waals surface area contributed by atoms with Crippen LogP contribution in [0.4, 0.5) is 4.39 Å². The van der Waals surface area contributed by atoms with Crippen molar-refractivity contribution in [2.45, 2.75) is 19.9 Å². The molecule has 3 aromatic rings. The minimum atomic E-state index is -0.374. The van der Waals surface area contributed by atoms with E-state index >= 15 is 0 Å². The number of aryl methyl sites for hydroxylation is 1. The number of benzene rings is 1. The molecule has 124 valence electrons. The number of carbonyl (C=O) groups excluding carboxylic acids is 1. The highest BCUT2D eigenvalue weighted by Crippen LogP contribution is 2.18. The second kappa shape index (κ2) is 6.91. The first-order valence-corrected chi connectivity index (χ1v) is 8.55. The molecule has 0 aliphatic heterocycles. The van der Waals surface area contributed by atoms with Crippen LogP contribution < -0.4 is 5.32 Å². The quantitative estimate of drug-likeness (QED) is 0.694. The topological polar surface area (TPSA) is 46.4 Å². The molecule has 2 aromatic heterocycles. The zero-order valence-corrected chi connectivity index (χ0v) is 15.2. The van der Waals surface area contributed by atoms with E-state index in [-0.39, 0.29) is 18.3 Å². The minimum absolute atomic E-state index is 0.0922. The number of hydrogen-bond acceptors (Lipinski definition) is 2. The summed E-state index contributed by atoms with van der Waals surface area (Å²) in [6.07, 6.45) is 2.26. The molecule has 0 bridgehead atoms. The van der Waals surface area contributed by atoms with Crippen LogP contribution in [0.1, 0.15) is 28.7 Å². The molecule has 0 saturated heterocycles. The predicted molar refractivity (Wildman–Crippen MR) is 94.9 cm³/mol. The number of rotatable bonds is 4. The molecule has 1 aromatic carbocycles. The minimum Gasteiger partial charge on any atom is -0.347 e. The van der Waals surface area contributed by atoms with E-state index in [1.165, 1.54) is 6.07 Å². The molecule has 0 saturated carbocycles. The maximum Gasteiger partial charge on any atom is 0.270 e. The van der Waals surface area contributed by atoms with Gasteiger partial charge in [0.15, 0.2) is 0 Å². The first-order valence-electron chi connectivity index (χ1n) is 7.38. The lowest BCUT2D eigenvalue weighted by molar-refractivity contribution is 0.0943. The number of aromatic nitrogens is 2. The third-order valence-corrected chi connectivity index (χ3v) is 4.38. The summed E-state index contributed by atoms with van der Waals surface area (Å²) in [5.74, 6) is -0.689. The second-order valence-electron chi connectivity index (χ2n) is 5.25. The predicted octanol–water partition coefficient (Wildman–Crippen LogP) is 4.38. The largest absolute Gasteiger partial charge is 0.347 e. The van der Waals surface area contributed by atoms with E-state index < -0.39 is 0 Å². The number of amides is 1. The standard InChI is InChI=1S/C17H14BrClFN3O/c1-2-14-16(23-9-12(19)5-6-15(23)22-14)17(24)21-8-10-3-4-11(18)7-13(10)20/h3-7,9H,2,8H2,1H3,(H,21,24). The lowest BCUT2D eigenvalue weighted by atomic mass is 10.2. The zero-order valence-electron chi connectivity index (χ0n) is 12.8. The van der Waals surface area contributed by atoms with Crippen LogP contribution >= 0.6 is 27.5 Å². The number of carbonyl (C=O) groups is 1. The molecule has 0 radical (unpaired) electrons. The van der Waals surface area contributed by atoms with Crippen LogP contribution in [0.2, 0.25) is 5.02 Å². The highest BCUT2D eigenvalue weighted by atomic mass is 79.9. The van der Waals surface area contributed by atoms with Crippen molar-refractivity contribution in [3.63, 3.8) is 0 Å². The molecule has 1 N–H and O–H groups in total. The van der Waals surface area contributed by atoms with Crippen LogP contribution in [0.5, 0.6) is 0 Å². The van der Waals surface area contributed by atoms with E-state index in [0.29, 0.717) is 38.5 Å². The molecule has 0 unspecified atom stereocenters. The number of nitrogens with zero attached hydrogens (tertiary/aromatic N) is 2. The van der Waals surface area contributed by atoms with E-state index in [0.717, 1.165) is 0 Å². The monoisotopic (exact) mass is 409 g/mol. The summed E-state index contributed by atoms with van der Waals surface area (Å²) >= 11 is 9.23. The van der Waals surface area contributed by atoms with Gasteiger partial charge in [0.1, 0.15) is 17.2 Å². The first-order chi connectivity index (χ1) is 11.5. The highest BCUT2D eigenvalue weighted by Gasteiger charge is 2.18. The third-order valence-electron chi connectivity index (χ3n) is 3.66. The van der Waals surface area contributed by atoms with E-state index in [2.05, 4.69) is 26.2 Å². The van der Waals surface area contributed by atoms with Crippen molar-refractivity contribution in [1.29, 1.82) is 0 Å². The lowest BCUT2D eigenvalue weighted by Crippen LogP contribution is -2.25. The maximum atomic E-state index is 13.9. The summed E-state index contributed by atoms with van der Waals surface area (Å²) in [5, 5.41) is 3.26. The molecule has 0 aliphatic carbocycles. The van der Waals surface area contributed by atoms with Gasteiger partial charge >= 0.3 is 0 Å². The Morgan fingerprint density at radius 1 is 1.38 bits per heavy atom. The van der Waals surface area contributed by atoms with Crippen molar-refractivity contribution in [2.75, 3.05) is 0 Å². The average molecular weight is 411 g/mol. The zero-order chi connectivity index (χ0) is 17.3. The number of fused-ring (bicyclic) bond motifs is 1. The lowest BCUT2D eigenvalue weighted by Gasteiger charge is -2.08. The van der Waals surface area contributed by atoms with Crippen LogP contribution in [-0.4, -0.2) is 15.3 Å². The molecule has 0 spiro atoms. The van der Waals surface area contributed by atoms with Crippen LogP contribution in [0, 0.1) is 5.82 Å². The molecule has 0 fully saturated rings. The fraction of sp³-hybridized carbons (Fsp3) is 0.176. The van der Waals surface area contributed by atoms with E-state index in [4.69, 9.17) is 11.6 Å². The molecule has 7 heteroatoms. The maximum absolute atomic E-state index is 13.9. The van der Waals surface area contributed by atoms with E-state index in [1.807, 2.05) is 6.92 Å². The van der Waals surface area contributed by atoms with Gasteiger partial charge in [-0.1, -0.05) is 40.5 Å². The summed E-state index contributed by atoms with van der Waals surface area (Å²) in [6.45, 7) is 2.02. The van der Waals surface area contributed by atoms with Gasteiger partial charge in [-0.2, -0.15) is 0 Å². The number of hydrogen-bond donors (Lipinski definition) is 1. The van der Waals surface area contributed by atoms with Gasteiger partial charge in [-0.15, -0.1) is 0 Å². The Bertz CT molecular complexity index is 926. The second-order valence-corrected chi connectivity index (χ2v) is 6.61. The van der Waals surface area contributed by atoms with Gasteiger partial charge in [0, 0.05) is 22.8 Å². The van der Waals surface area contributed by atoms with Crippen LogP contribution in [0.15, 0.2) is 41.0 Å². The number of imidazole rings is 1. The fourth-order valence-corrected chi connectivity index (χ4v) is 2.97. The molecule has 1 amide bonds. The van der Waals surface area contributed by atoms with Gasteiger partial charge in [0.2, 0.25) is 0 Å². The summed E-state index contributed by atoms with van der Waals surface area (Å²) < 4.78 is 16.2. The summed E-state index contributed by atoms with van der Waals surface area (Å²) in [7, 11) is 0. The normalized spacial score (nSPS) is 11.0. The van der Waals surface area contributed by atoms with Crippen molar-refractivity contribution in [3.8, 4) is 0 Å². The Labute approximate surface area is 151 Å². The highest BCUT2D eigenvalue weighted by molar-refractivity contribution is 9.10. The molecule has 24 heavy (non-hydrogen) atoms. The summed E-state index contributed by atoms with van der Waals surface area (Å²) in [4.78, 5) is 17.1. The van der Waals surface area contributed by atoms with E-state index in [9.17, 15) is 9.18 Å². The Balaban J connectivity index is 1.89. The summed E-state index contributed by atoms with van der Waals surface area (Å²) in [6, 6.07) is 8.21. The number of pyridine rings is 1. The van der Waals surface area contributed by atoms with Gasteiger partial charge in [0.05, 0.1) is 10.7 Å². The summed E-state index contributed by atoms with van der Waals surface area (Å²) in [5.41, 5.74) is 2.16. The average Bonchev–Trinajstić information content (AvgIpc) is 2.91. The van der Waals surface area contributed by atoms with Crippen molar-refractivity contribution in [1.82, 2.24) is 14.7 Å². The van der Waals surface area contributed by atoms with Crippen LogP contribution in [-0.2, 0) is 13.0 Å². The third kappa shape index (κ3) is 3.30. The SMILES string of the molecule is CCc1nc2ccc(Cl)cn2c1C(=O)NCc1ccc(Br)cc1F. The van der Waals surface area contributed by atoms with E-state index in [1.54, 1.807) is 34.9 Å². The van der Waals surface area contributed by atoms with Crippen LogP contribution in [0.3, 0.4) is 0 Å². The van der Waals surface area contributed by atoms with Crippen LogP contribution in [0.25, 0.3) is 5.65 Å². The van der Waals surface area contributed by atoms with Gasteiger partial charge < -0.3 is 5.32 Å². The Kier molecular flexibility index (Phi) is 4.87. The van der Waals surface area contributed by atoms with Crippen molar-refractivity contribution in [2.24, 2.45) is 0 Å². The first kappa shape index (κ1) is 16.9. The molecular formula is C17H14BrClFN3O. The van der Waals surface area contributed by atoms with Gasteiger partial charge in [-0.25, -0.2) is 9.37 Å². The molecule has 0 atom stereocenters. The fourth-order valence-electron chi connectivity index (χ4n) is 2.48. The van der Waals surface area contributed by atoms with Crippen molar-refractivity contribution < 1.29 is 9.18 Å². The van der Waals surface area contributed by atoms with Gasteiger partial charge in [-0.05, 0) is 30.7 Å². The smallest absolute Gasteiger partial charge is 0.270 e. The Morgan fingerprint density at radius 2 is 2.17 bits per heavy atom. The Morgan fingerprint density at radius 3 is 2.88 bits per heavy atom. The van der Waals surface area contributed by atoms with Crippen molar-refractivity contribution in [3.05, 3.63) is 68.8 Å². The van der Waals surface area contributed by atoms with Gasteiger partial charge in [0.25, 0.3) is 5.91 Å². The molecule has 4 nitrogen and oxygen atoms in total. The number of nitrogens with one attached hydrogen (secondary N) is 1. The molecular weight excluding hydrogens is 397 g/mol. The Hall–Kier alpha value is -1.92. The molecule has 3 rings (SSSR count). The number of halogens is 3. The molecule has 0 aliphatic rings. The molecule has 2 heterocycles. The van der Waals surface area contributed by atoms with Gasteiger partial charge in [-0.3, -0.25) is 9.20 Å². The van der Waals surface area contributed by atoms with Crippen molar-refractivity contribution >= 4 is 39.1 Å².